The van der Waals surface area contributed by atoms with Crippen LogP contribution in [0, 0.1) is 22.7 Å². The van der Waals surface area contributed by atoms with Crippen LogP contribution in [0.4, 0.5) is 5.82 Å². The molecule has 1 aromatic heterocycles. The number of pyridine rings is 1. The number of aromatic nitrogens is 1. The number of aryl methyl sites for hydroxylation is 2. The molecule has 1 amide bonds. The highest BCUT2D eigenvalue weighted by Crippen LogP contribution is 2.63. The van der Waals surface area contributed by atoms with E-state index < -0.39 is 17.6 Å². The Kier molecular flexibility index (Phi) is 17.0. The first-order chi connectivity index (χ1) is 34.4. The summed E-state index contributed by atoms with van der Waals surface area (Å²) >= 11 is 0. The summed E-state index contributed by atoms with van der Waals surface area (Å²) in [6.07, 6.45) is 22.8. The van der Waals surface area contributed by atoms with Crippen molar-refractivity contribution in [1.82, 2.24) is 15.2 Å². The van der Waals surface area contributed by atoms with Gasteiger partial charge in [-0.15, -0.1) is 0 Å². The number of aliphatic hydroxyl groups excluding tert-OH is 1. The van der Waals surface area contributed by atoms with Crippen molar-refractivity contribution in [1.29, 1.82) is 0 Å². The third kappa shape index (κ3) is 12.6. The first-order valence-corrected chi connectivity index (χ1v) is 29.5. The lowest BCUT2D eigenvalue weighted by Crippen LogP contribution is -2.55. The van der Waals surface area contributed by atoms with Crippen LogP contribution in [0.5, 0.6) is 11.5 Å². The van der Waals surface area contributed by atoms with E-state index in [-0.39, 0.29) is 40.6 Å². The van der Waals surface area contributed by atoms with Gasteiger partial charge >= 0.3 is 5.97 Å². The molecule has 0 radical (unpaired) electrons. The minimum Gasteiger partial charge on any atom is -0.504 e. The zero-order valence-electron chi connectivity index (χ0n) is 42.2. The fourth-order valence-corrected chi connectivity index (χ4v) is 17.6. The molecule has 7 N–H and O–H groups in total. The van der Waals surface area contributed by atoms with Gasteiger partial charge in [0.2, 0.25) is 5.91 Å². The molecule has 3 aliphatic heterocycles. The molecule has 3 aromatic rings. The van der Waals surface area contributed by atoms with Crippen LogP contribution in [0.2, 0.25) is 0 Å². The number of ether oxygens (including phenoxy) is 2. The van der Waals surface area contributed by atoms with Crippen LogP contribution < -0.4 is 21.5 Å². The number of nitrogens with zero attached hydrogens (tertiary/aromatic N) is 3. The van der Waals surface area contributed by atoms with E-state index in [9.17, 15) is 19.8 Å². The molecule has 7 unspecified atom stereocenters. The molecule has 71 heavy (non-hydrogen) atoms. The van der Waals surface area contributed by atoms with Crippen molar-refractivity contribution >= 4 is 45.2 Å². The van der Waals surface area contributed by atoms with Crippen LogP contribution in [0.3, 0.4) is 0 Å². The van der Waals surface area contributed by atoms with Gasteiger partial charge in [0.1, 0.15) is 22.9 Å². The summed E-state index contributed by atoms with van der Waals surface area (Å²) in [7, 11) is 4.02. The summed E-state index contributed by atoms with van der Waals surface area (Å²) in [5.41, 5.74) is 18.0. The van der Waals surface area contributed by atoms with Crippen LogP contribution in [-0.4, -0.2) is 80.0 Å². The molecule has 14 heteroatoms. The van der Waals surface area contributed by atoms with Gasteiger partial charge in [0.15, 0.2) is 17.5 Å². The van der Waals surface area contributed by atoms with E-state index in [1.807, 2.05) is 38.6 Å². The van der Waals surface area contributed by atoms with Gasteiger partial charge in [-0.1, -0.05) is 77.6 Å². The number of aromatic hydroxyl groups is 1. The second-order valence-corrected chi connectivity index (χ2v) is 25.1. The maximum atomic E-state index is 14.4. The van der Waals surface area contributed by atoms with Crippen molar-refractivity contribution in [3.05, 3.63) is 82.5 Å². The van der Waals surface area contributed by atoms with Gasteiger partial charge < -0.3 is 41.4 Å². The molecule has 3 aliphatic carbocycles. The van der Waals surface area contributed by atoms with Crippen molar-refractivity contribution < 1.29 is 29.3 Å². The van der Waals surface area contributed by atoms with Crippen LogP contribution in [0.25, 0.3) is 0 Å². The molecule has 12 nitrogen and oxygen atoms in total. The molecule has 3 saturated carbocycles. The summed E-state index contributed by atoms with van der Waals surface area (Å²) in [4.78, 5) is 38.0. The average Bonchev–Trinajstić information content (AvgIpc) is 4.12. The van der Waals surface area contributed by atoms with E-state index in [4.69, 9.17) is 25.9 Å². The largest absolute Gasteiger partial charge is 0.504 e. The standard InChI is InChI=1S/C57H80N6O6S2/c1-39(64)68-47-21-19-44-32-45(52(67)53-48(44)22-20-43-14-9-16-49(43)69-53)36-63-38-55(35-51(63)66,34-42-23-29-60-50(58)31-42)28-30-61-54(59)62-57(27-10-26-56(57)24-7-8-25-56)71-70-37-41(13-5-6-15-46(65)33-47)18-17-40-11-3-2-4-12-40/h2-4,11-12,23,29,31-32,41,43,46-47,49,65,67H,5-10,13-22,24-28,30,33-38H2,1H3,(H2,58,60)(H3,59,61,62). The highest BCUT2D eigenvalue weighted by Gasteiger charge is 2.57. The van der Waals surface area contributed by atoms with Crippen LogP contribution in [0.15, 0.2) is 59.7 Å². The van der Waals surface area contributed by atoms with Crippen LogP contribution >= 0.6 is 21.6 Å². The lowest BCUT2D eigenvalue weighted by Gasteiger charge is -2.44. The molecule has 1 saturated heterocycles. The maximum Gasteiger partial charge on any atom is 0.302 e. The highest BCUT2D eigenvalue weighted by atomic mass is 33.1. The molecule has 9 rings (SSSR count). The van der Waals surface area contributed by atoms with E-state index in [0.29, 0.717) is 93.0 Å². The highest BCUT2D eigenvalue weighted by molar-refractivity contribution is 8.77. The Balaban J connectivity index is 1.03. The molecule has 386 valence electrons. The second kappa shape index (κ2) is 23.4. The van der Waals surface area contributed by atoms with Crippen LogP contribution in [0.1, 0.15) is 163 Å². The van der Waals surface area contributed by atoms with Crippen molar-refractivity contribution in [3.63, 3.8) is 0 Å². The monoisotopic (exact) mass is 1010 g/mol. The van der Waals surface area contributed by atoms with Crippen molar-refractivity contribution in [3.8, 4) is 11.5 Å². The summed E-state index contributed by atoms with van der Waals surface area (Å²) in [5.74, 6) is 3.24. The zero-order chi connectivity index (χ0) is 49.4. The fraction of sp³-hybridized carbons (Fsp3) is 0.649. The Hall–Kier alpha value is -4.14. The number of nitrogens with two attached hydrogens (primary N) is 2. The van der Waals surface area contributed by atoms with E-state index in [1.165, 1.54) is 44.6 Å². The lowest BCUT2D eigenvalue weighted by atomic mass is 9.78. The Morgan fingerprint density at radius 3 is 2.55 bits per heavy atom. The molecular formula is C57H80N6O6S2. The predicted octanol–water partition coefficient (Wildman–Crippen LogP) is 10.4. The molecule has 2 aromatic carbocycles. The second-order valence-electron chi connectivity index (χ2n) is 22.4. The number of fused-ring (bicyclic) bond motifs is 8. The number of nitrogen functional groups attached to an aromatic ring is 1. The number of carbonyl (C=O) groups is 2. The summed E-state index contributed by atoms with van der Waals surface area (Å²) in [6, 6.07) is 16.8. The maximum absolute atomic E-state index is 14.4. The Morgan fingerprint density at radius 2 is 1.73 bits per heavy atom. The van der Waals surface area contributed by atoms with Crippen molar-refractivity contribution in [2.24, 2.45) is 33.4 Å². The number of hydrogen-bond acceptors (Lipinski definition) is 13. The van der Waals surface area contributed by atoms with Gasteiger partial charge in [-0.05, 0) is 162 Å². The van der Waals surface area contributed by atoms with Crippen molar-refractivity contribution in [2.45, 2.75) is 191 Å². The van der Waals surface area contributed by atoms with E-state index in [1.54, 1.807) is 6.20 Å². The quantitative estimate of drug-likeness (QED) is 0.116. The normalized spacial score (nSPS) is 29.9. The summed E-state index contributed by atoms with van der Waals surface area (Å²) in [6.45, 7) is 2.62. The number of hydrogen-bond donors (Lipinski definition) is 5. The molecule has 4 heterocycles. The third-order valence-corrected chi connectivity index (χ3v) is 20.8. The lowest BCUT2D eigenvalue weighted by molar-refractivity contribution is -0.148. The van der Waals surface area contributed by atoms with Gasteiger partial charge in [-0.3, -0.25) is 14.6 Å². The first kappa shape index (κ1) is 51.7. The number of carbonyl (C=O) groups excluding carboxylic acids is 2. The first-order valence-electron chi connectivity index (χ1n) is 27.2. The van der Waals surface area contributed by atoms with E-state index >= 15 is 0 Å². The summed E-state index contributed by atoms with van der Waals surface area (Å²) < 4.78 is 12.7. The fourth-order valence-electron chi connectivity index (χ4n) is 13.7. The number of amides is 1. The number of rotatable bonds is 6. The number of nitrogens with one attached hydrogen (secondary N) is 1. The Labute approximate surface area is 430 Å². The number of anilines is 1. The number of guanidine groups is 1. The number of esters is 1. The van der Waals surface area contributed by atoms with Gasteiger partial charge in [-0.2, -0.15) is 0 Å². The average molecular weight is 1010 g/mol. The van der Waals surface area contributed by atoms with Crippen LogP contribution in [-0.2, 0) is 46.6 Å². The van der Waals surface area contributed by atoms with E-state index in [0.717, 1.165) is 99.5 Å². The number of phenolic OH excluding ortho intramolecular Hbond substituents is 1. The molecule has 4 bridgehead atoms. The van der Waals surface area contributed by atoms with Gasteiger partial charge in [0, 0.05) is 73.3 Å². The minimum absolute atomic E-state index is 0.0274. The predicted molar refractivity (Wildman–Crippen MR) is 286 cm³/mol. The molecule has 6 aliphatic rings. The van der Waals surface area contributed by atoms with Gasteiger partial charge in [0.05, 0.1) is 6.10 Å². The third-order valence-electron chi connectivity index (χ3n) is 17.4. The Bertz CT molecular complexity index is 2320. The Morgan fingerprint density at radius 1 is 0.915 bits per heavy atom. The molecule has 7 atom stereocenters. The minimum atomic E-state index is -0.603. The number of phenols is 1. The van der Waals surface area contributed by atoms with Gasteiger partial charge in [0.25, 0.3) is 0 Å². The zero-order valence-corrected chi connectivity index (χ0v) is 43.9. The number of aliphatic hydroxyl groups is 1. The summed E-state index contributed by atoms with van der Waals surface area (Å²) in [5, 5.41) is 27.7. The molecule has 2 spiro atoms. The number of aliphatic imine (C=N–C) groups is 1. The molecular weight excluding hydrogens is 929 g/mol. The topological polar surface area (TPSA) is 186 Å². The smallest absolute Gasteiger partial charge is 0.302 e. The van der Waals surface area contributed by atoms with Crippen molar-refractivity contribution in [2.75, 3.05) is 24.6 Å². The van der Waals surface area contributed by atoms with Gasteiger partial charge in [-0.25, -0.2) is 4.98 Å². The molecule has 4 fully saturated rings. The SMILES string of the molecule is CC(=O)OC1CCc2cc(c(O)c3c2CCC2CCCC2O3)CN2CC(Cc3ccnc(N)c3)(CCN=C(N)NC3(CCCC34CCCC4)SSCC(CCc3ccccc3)CCCCC(O)C1)CC2=O. The number of benzene rings is 2. The van der Waals surface area contributed by atoms with E-state index in [2.05, 4.69) is 46.7 Å².